The summed E-state index contributed by atoms with van der Waals surface area (Å²) in [5.41, 5.74) is 10.9. The second-order valence-electron chi connectivity index (χ2n) is 6.02. The van der Waals surface area contributed by atoms with Crippen LogP contribution in [-0.4, -0.2) is 13.6 Å². The van der Waals surface area contributed by atoms with Crippen molar-refractivity contribution >= 4 is 0 Å². The highest BCUT2D eigenvalue weighted by Crippen LogP contribution is 2.49. The SMILES string of the molecule is CNC(c1ccc2c(c1)CCC2)C1(CN)CCC1. The molecule has 0 radical (unpaired) electrons. The fourth-order valence-corrected chi connectivity index (χ4v) is 3.84. The van der Waals surface area contributed by atoms with Crippen LogP contribution in [0.15, 0.2) is 18.2 Å². The molecule has 1 aromatic rings. The lowest BCUT2D eigenvalue weighted by Gasteiger charge is -2.47. The minimum atomic E-state index is 0.307. The summed E-state index contributed by atoms with van der Waals surface area (Å²) in [6.45, 7) is 0.801. The van der Waals surface area contributed by atoms with E-state index >= 15 is 0 Å². The smallest absolute Gasteiger partial charge is 0.0386 e. The van der Waals surface area contributed by atoms with Gasteiger partial charge in [-0.25, -0.2) is 0 Å². The Morgan fingerprint density at radius 2 is 2.00 bits per heavy atom. The van der Waals surface area contributed by atoms with E-state index in [-0.39, 0.29) is 0 Å². The van der Waals surface area contributed by atoms with Gasteiger partial charge in [-0.2, -0.15) is 0 Å². The lowest BCUT2D eigenvalue weighted by Crippen LogP contribution is -2.47. The third kappa shape index (κ3) is 1.79. The van der Waals surface area contributed by atoms with Crippen molar-refractivity contribution in [2.45, 2.75) is 44.6 Å². The number of nitrogens with two attached hydrogens (primary N) is 1. The second kappa shape index (κ2) is 4.67. The van der Waals surface area contributed by atoms with Crippen LogP contribution in [0, 0.1) is 5.41 Å². The standard InChI is InChI=1S/C16H24N2/c1-18-15(16(11-17)8-3-9-16)14-7-6-12-4-2-5-13(12)10-14/h6-7,10,15,18H,2-5,8-9,11,17H2,1H3. The van der Waals surface area contributed by atoms with E-state index in [1.807, 2.05) is 0 Å². The van der Waals surface area contributed by atoms with E-state index < -0.39 is 0 Å². The van der Waals surface area contributed by atoms with Crippen LogP contribution in [-0.2, 0) is 12.8 Å². The molecule has 0 bridgehead atoms. The second-order valence-corrected chi connectivity index (χ2v) is 6.02. The average Bonchev–Trinajstić information content (AvgIpc) is 2.80. The predicted molar refractivity (Wildman–Crippen MR) is 75.6 cm³/mol. The zero-order valence-electron chi connectivity index (χ0n) is 11.3. The molecule has 2 aliphatic carbocycles. The van der Waals surface area contributed by atoms with E-state index in [1.165, 1.54) is 44.1 Å². The first-order valence-electron chi connectivity index (χ1n) is 7.28. The van der Waals surface area contributed by atoms with E-state index in [2.05, 4.69) is 30.6 Å². The van der Waals surface area contributed by atoms with Gasteiger partial charge in [-0.15, -0.1) is 0 Å². The van der Waals surface area contributed by atoms with Gasteiger partial charge in [0.2, 0.25) is 0 Å². The Hall–Kier alpha value is -0.860. The largest absolute Gasteiger partial charge is 0.330 e. The van der Waals surface area contributed by atoms with Gasteiger partial charge in [-0.05, 0) is 62.4 Å². The molecule has 0 amide bonds. The molecule has 2 aliphatic rings. The first-order chi connectivity index (χ1) is 8.79. The van der Waals surface area contributed by atoms with Crippen molar-refractivity contribution in [3.8, 4) is 0 Å². The zero-order chi connectivity index (χ0) is 12.6. The topological polar surface area (TPSA) is 38.0 Å². The van der Waals surface area contributed by atoms with Crippen molar-refractivity contribution < 1.29 is 0 Å². The fourth-order valence-electron chi connectivity index (χ4n) is 3.84. The van der Waals surface area contributed by atoms with Crippen LogP contribution in [0.1, 0.15) is 48.4 Å². The highest BCUT2D eigenvalue weighted by molar-refractivity contribution is 5.37. The summed E-state index contributed by atoms with van der Waals surface area (Å²) < 4.78 is 0. The molecule has 1 saturated carbocycles. The highest BCUT2D eigenvalue weighted by Gasteiger charge is 2.43. The first kappa shape index (κ1) is 12.2. The number of nitrogens with one attached hydrogen (secondary N) is 1. The Balaban J connectivity index is 1.92. The molecule has 1 fully saturated rings. The molecule has 98 valence electrons. The van der Waals surface area contributed by atoms with E-state index in [0.717, 1.165) is 6.54 Å². The van der Waals surface area contributed by atoms with E-state index in [1.54, 1.807) is 11.1 Å². The van der Waals surface area contributed by atoms with Crippen LogP contribution in [0.2, 0.25) is 0 Å². The quantitative estimate of drug-likeness (QED) is 0.854. The van der Waals surface area contributed by atoms with Crippen LogP contribution in [0.4, 0.5) is 0 Å². The average molecular weight is 244 g/mol. The molecule has 2 nitrogen and oxygen atoms in total. The summed E-state index contributed by atoms with van der Waals surface area (Å²) in [5.74, 6) is 0. The van der Waals surface area contributed by atoms with Crippen LogP contribution in [0.5, 0.6) is 0 Å². The third-order valence-electron chi connectivity index (χ3n) is 5.11. The predicted octanol–water partition coefficient (Wildman–Crippen LogP) is 2.56. The van der Waals surface area contributed by atoms with E-state index in [4.69, 9.17) is 5.73 Å². The Labute approximate surface area is 110 Å². The van der Waals surface area contributed by atoms with Crippen molar-refractivity contribution in [1.82, 2.24) is 5.32 Å². The van der Waals surface area contributed by atoms with Crippen LogP contribution >= 0.6 is 0 Å². The maximum Gasteiger partial charge on any atom is 0.0386 e. The molecule has 2 heteroatoms. The maximum absolute atomic E-state index is 6.06. The van der Waals surface area contributed by atoms with Gasteiger partial charge in [0.1, 0.15) is 0 Å². The van der Waals surface area contributed by atoms with E-state index in [9.17, 15) is 0 Å². The first-order valence-corrected chi connectivity index (χ1v) is 7.28. The zero-order valence-corrected chi connectivity index (χ0v) is 11.3. The van der Waals surface area contributed by atoms with Crippen LogP contribution in [0.25, 0.3) is 0 Å². The molecule has 0 aliphatic heterocycles. The van der Waals surface area contributed by atoms with Gasteiger partial charge in [0, 0.05) is 11.5 Å². The molecule has 1 unspecified atom stereocenters. The monoisotopic (exact) mass is 244 g/mol. The summed E-state index contributed by atoms with van der Waals surface area (Å²) in [6.07, 6.45) is 7.72. The van der Waals surface area contributed by atoms with Crippen molar-refractivity contribution in [3.63, 3.8) is 0 Å². The normalized spacial score (nSPS) is 22.3. The molecular weight excluding hydrogens is 220 g/mol. The van der Waals surface area contributed by atoms with E-state index in [0.29, 0.717) is 11.5 Å². The van der Waals surface area contributed by atoms with Gasteiger partial charge in [-0.3, -0.25) is 0 Å². The molecule has 1 aromatic carbocycles. The number of rotatable bonds is 4. The molecule has 3 rings (SSSR count). The Morgan fingerprint density at radius 3 is 2.61 bits per heavy atom. The Bertz CT molecular complexity index is 429. The van der Waals surface area contributed by atoms with Gasteiger partial charge in [0.15, 0.2) is 0 Å². The molecule has 0 saturated heterocycles. The van der Waals surface area contributed by atoms with Crippen molar-refractivity contribution in [2.75, 3.05) is 13.6 Å². The van der Waals surface area contributed by atoms with Crippen molar-refractivity contribution in [1.29, 1.82) is 0 Å². The lowest BCUT2D eigenvalue weighted by atomic mass is 9.62. The summed E-state index contributed by atoms with van der Waals surface area (Å²) in [4.78, 5) is 0. The molecule has 18 heavy (non-hydrogen) atoms. The number of benzene rings is 1. The van der Waals surface area contributed by atoms with Crippen LogP contribution in [0.3, 0.4) is 0 Å². The molecule has 0 heterocycles. The fraction of sp³-hybridized carbons (Fsp3) is 0.625. The Kier molecular flexibility index (Phi) is 3.16. The van der Waals surface area contributed by atoms with Gasteiger partial charge in [-0.1, -0.05) is 24.6 Å². The molecular formula is C16H24N2. The van der Waals surface area contributed by atoms with Gasteiger partial charge < -0.3 is 11.1 Å². The minimum Gasteiger partial charge on any atom is -0.330 e. The number of fused-ring (bicyclic) bond motifs is 1. The highest BCUT2D eigenvalue weighted by atomic mass is 14.9. The maximum atomic E-state index is 6.06. The number of aryl methyl sites for hydroxylation is 2. The van der Waals surface area contributed by atoms with Crippen molar-refractivity contribution in [2.24, 2.45) is 11.1 Å². The minimum absolute atomic E-state index is 0.307. The molecule has 3 N–H and O–H groups in total. The Morgan fingerprint density at radius 1 is 1.22 bits per heavy atom. The summed E-state index contributed by atoms with van der Waals surface area (Å²) in [5, 5.41) is 3.52. The third-order valence-corrected chi connectivity index (χ3v) is 5.11. The molecule has 1 atom stereocenters. The molecule has 0 aromatic heterocycles. The van der Waals surface area contributed by atoms with Crippen molar-refractivity contribution in [3.05, 3.63) is 34.9 Å². The van der Waals surface area contributed by atoms with Gasteiger partial charge in [0.25, 0.3) is 0 Å². The van der Waals surface area contributed by atoms with Crippen LogP contribution < -0.4 is 11.1 Å². The summed E-state index contributed by atoms with van der Waals surface area (Å²) in [6, 6.07) is 7.52. The summed E-state index contributed by atoms with van der Waals surface area (Å²) in [7, 11) is 2.08. The number of hydrogen-bond donors (Lipinski definition) is 2. The molecule has 0 spiro atoms. The van der Waals surface area contributed by atoms with Gasteiger partial charge in [0.05, 0.1) is 0 Å². The lowest BCUT2D eigenvalue weighted by molar-refractivity contribution is 0.0879. The number of hydrogen-bond acceptors (Lipinski definition) is 2. The summed E-state index contributed by atoms with van der Waals surface area (Å²) >= 11 is 0. The van der Waals surface area contributed by atoms with Gasteiger partial charge >= 0.3 is 0 Å².